The Balaban J connectivity index is 1.50. The van der Waals surface area contributed by atoms with Gasteiger partial charge in [0.15, 0.2) is 11.5 Å². The Kier molecular flexibility index (Phi) is 4.67. The van der Waals surface area contributed by atoms with Gasteiger partial charge in [0.2, 0.25) is 6.79 Å². The minimum atomic E-state index is -0.344. The molecule has 0 aromatic heterocycles. The van der Waals surface area contributed by atoms with Gasteiger partial charge in [0.05, 0.1) is 18.2 Å². The van der Waals surface area contributed by atoms with Crippen molar-refractivity contribution in [2.24, 2.45) is 0 Å². The number of aryl methyl sites for hydroxylation is 1. The molecule has 2 amide bonds. The number of anilines is 1. The second-order valence-corrected chi connectivity index (χ2v) is 7.67. The molecule has 1 atom stereocenters. The average Bonchev–Trinajstić information content (AvgIpc) is 3.47. The molecule has 1 fully saturated rings. The summed E-state index contributed by atoms with van der Waals surface area (Å²) >= 11 is 0. The average molecular weight is 406 g/mol. The normalized spacial score (nSPS) is 20.4. The highest BCUT2D eigenvalue weighted by Gasteiger charge is 2.40. The number of imide groups is 1. The number of amides is 2. The van der Waals surface area contributed by atoms with E-state index in [-0.39, 0.29) is 37.0 Å². The summed E-state index contributed by atoms with van der Waals surface area (Å²) in [7, 11) is 0. The van der Waals surface area contributed by atoms with Crippen LogP contribution in [0, 0.1) is 6.92 Å². The number of rotatable bonds is 5. The Morgan fingerprint density at radius 2 is 1.83 bits per heavy atom. The highest BCUT2D eigenvalue weighted by molar-refractivity contribution is 6.36. The molecule has 3 aliphatic rings. The summed E-state index contributed by atoms with van der Waals surface area (Å²) in [5.41, 5.74) is 3.07. The number of hydrogen-bond acceptors (Lipinski definition) is 6. The van der Waals surface area contributed by atoms with Gasteiger partial charge in [-0.1, -0.05) is 29.8 Å². The van der Waals surface area contributed by atoms with Crippen molar-refractivity contribution in [3.05, 3.63) is 59.3 Å². The monoisotopic (exact) mass is 406 g/mol. The summed E-state index contributed by atoms with van der Waals surface area (Å²) < 4.78 is 16.4. The Morgan fingerprint density at radius 3 is 2.60 bits per heavy atom. The van der Waals surface area contributed by atoms with Crippen molar-refractivity contribution < 1.29 is 23.8 Å². The van der Waals surface area contributed by atoms with Gasteiger partial charge >= 0.3 is 0 Å². The van der Waals surface area contributed by atoms with Crippen molar-refractivity contribution in [1.29, 1.82) is 0 Å². The fourth-order valence-electron chi connectivity index (χ4n) is 3.96. The van der Waals surface area contributed by atoms with E-state index in [9.17, 15) is 9.59 Å². The highest BCUT2D eigenvalue weighted by atomic mass is 16.7. The second-order valence-electron chi connectivity index (χ2n) is 7.67. The summed E-state index contributed by atoms with van der Waals surface area (Å²) in [5, 5.41) is 3.16. The minimum Gasteiger partial charge on any atom is -0.454 e. The van der Waals surface area contributed by atoms with Crippen LogP contribution in [-0.4, -0.2) is 42.8 Å². The van der Waals surface area contributed by atoms with E-state index in [1.54, 1.807) is 18.2 Å². The quantitative estimate of drug-likeness (QED) is 0.769. The van der Waals surface area contributed by atoms with Crippen molar-refractivity contribution in [3.8, 4) is 11.5 Å². The Bertz CT molecular complexity index is 1040. The molecular formula is C23H22N2O5. The van der Waals surface area contributed by atoms with Gasteiger partial charge in [0, 0.05) is 18.4 Å². The van der Waals surface area contributed by atoms with Crippen molar-refractivity contribution in [1.82, 2.24) is 4.90 Å². The number of fused-ring (bicyclic) bond motifs is 1. The van der Waals surface area contributed by atoms with E-state index in [0.717, 1.165) is 18.4 Å². The molecule has 5 rings (SSSR count). The van der Waals surface area contributed by atoms with Crippen LogP contribution in [0.3, 0.4) is 0 Å². The SMILES string of the molecule is Cc1ccc(C2=C(Nc3ccc4c(c3)OCO4)C(=O)N(CC3CCCO3)C2=O)cc1. The third kappa shape index (κ3) is 3.31. The zero-order valence-corrected chi connectivity index (χ0v) is 16.6. The fourth-order valence-corrected chi connectivity index (χ4v) is 3.96. The molecule has 3 aliphatic heterocycles. The first-order valence-electron chi connectivity index (χ1n) is 10.1. The molecule has 7 heteroatoms. The smallest absolute Gasteiger partial charge is 0.278 e. The molecule has 154 valence electrons. The standard InChI is InChI=1S/C23H22N2O5/c1-14-4-6-15(7-5-14)20-21(24-16-8-9-18-19(11-16)30-13-29-18)23(27)25(22(20)26)12-17-3-2-10-28-17/h4-9,11,17,24H,2-3,10,12-13H2,1H3. The molecule has 0 saturated carbocycles. The molecule has 1 unspecified atom stereocenters. The van der Waals surface area contributed by atoms with Crippen molar-refractivity contribution in [3.63, 3.8) is 0 Å². The summed E-state index contributed by atoms with van der Waals surface area (Å²) in [5.74, 6) is 0.610. The maximum atomic E-state index is 13.3. The van der Waals surface area contributed by atoms with Gasteiger partial charge < -0.3 is 19.5 Å². The lowest BCUT2D eigenvalue weighted by molar-refractivity contribution is -0.138. The lowest BCUT2D eigenvalue weighted by Crippen LogP contribution is -2.38. The van der Waals surface area contributed by atoms with Gasteiger partial charge in [0.25, 0.3) is 11.8 Å². The first kappa shape index (κ1) is 18.7. The number of nitrogens with one attached hydrogen (secondary N) is 1. The van der Waals surface area contributed by atoms with E-state index in [1.165, 1.54) is 4.90 Å². The molecule has 1 N–H and O–H groups in total. The minimum absolute atomic E-state index is 0.109. The molecule has 2 aromatic carbocycles. The van der Waals surface area contributed by atoms with Gasteiger partial charge in [0.1, 0.15) is 5.70 Å². The molecule has 2 aromatic rings. The Hall–Kier alpha value is -3.32. The van der Waals surface area contributed by atoms with Gasteiger partial charge in [-0.2, -0.15) is 0 Å². The van der Waals surface area contributed by atoms with Crippen molar-refractivity contribution in [2.45, 2.75) is 25.9 Å². The van der Waals surface area contributed by atoms with Crippen LogP contribution < -0.4 is 14.8 Å². The highest BCUT2D eigenvalue weighted by Crippen LogP contribution is 2.36. The van der Waals surface area contributed by atoms with Crippen LogP contribution in [0.2, 0.25) is 0 Å². The maximum absolute atomic E-state index is 13.3. The summed E-state index contributed by atoms with van der Waals surface area (Å²) in [6.07, 6.45) is 1.69. The third-order valence-corrected chi connectivity index (χ3v) is 5.56. The first-order valence-corrected chi connectivity index (χ1v) is 10.1. The zero-order chi connectivity index (χ0) is 20.7. The van der Waals surface area contributed by atoms with Gasteiger partial charge in [-0.05, 0) is 37.5 Å². The van der Waals surface area contributed by atoms with Gasteiger partial charge in [-0.3, -0.25) is 14.5 Å². The second kappa shape index (κ2) is 7.50. The molecule has 0 spiro atoms. The largest absolute Gasteiger partial charge is 0.454 e. The predicted octanol–water partition coefficient (Wildman–Crippen LogP) is 3.09. The molecule has 0 radical (unpaired) electrons. The van der Waals surface area contributed by atoms with Crippen molar-refractivity contribution in [2.75, 3.05) is 25.3 Å². The molecule has 0 aliphatic carbocycles. The molecule has 1 saturated heterocycles. The van der Waals surface area contributed by atoms with E-state index < -0.39 is 0 Å². The van der Waals surface area contributed by atoms with E-state index in [2.05, 4.69) is 5.32 Å². The molecule has 3 heterocycles. The topological polar surface area (TPSA) is 77.1 Å². The van der Waals surface area contributed by atoms with Gasteiger partial charge in [-0.25, -0.2) is 0 Å². The Labute approximate surface area is 174 Å². The van der Waals surface area contributed by atoms with Crippen LogP contribution in [0.5, 0.6) is 11.5 Å². The van der Waals surface area contributed by atoms with Crippen LogP contribution >= 0.6 is 0 Å². The van der Waals surface area contributed by atoms with Crippen LogP contribution in [0.4, 0.5) is 5.69 Å². The molecular weight excluding hydrogens is 384 g/mol. The maximum Gasteiger partial charge on any atom is 0.278 e. The molecule has 30 heavy (non-hydrogen) atoms. The van der Waals surface area contributed by atoms with E-state index in [4.69, 9.17) is 14.2 Å². The van der Waals surface area contributed by atoms with E-state index in [0.29, 0.717) is 34.9 Å². The lowest BCUT2D eigenvalue weighted by Gasteiger charge is -2.19. The van der Waals surface area contributed by atoms with Crippen LogP contribution in [-0.2, 0) is 14.3 Å². The number of nitrogens with zero attached hydrogens (tertiary/aromatic N) is 1. The van der Waals surface area contributed by atoms with Crippen molar-refractivity contribution >= 4 is 23.1 Å². The number of carbonyl (C=O) groups is 2. The Morgan fingerprint density at radius 1 is 1.03 bits per heavy atom. The van der Waals surface area contributed by atoms with Crippen LogP contribution in [0.1, 0.15) is 24.0 Å². The summed E-state index contributed by atoms with van der Waals surface area (Å²) in [6, 6.07) is 12.9. The zero-order valence-electron chi connectivity index (χ0n) is 16.6. The third-order valence-electron chi connectivity index (χ3n) is 5.56. The number of ether oxygens (including phenoxy) is 3. The predicted molar refractivity (Wildman–Crippen MR) is 110 cm³/mol. The van der Waals surface area contributed by atoms with Crippen LogP contribution in [0.25, 0.3) is 5.57 Å². The summed E-state index contributed by atoms with van der Waals surface area (Å²) in [4.78, 5) is 27.8. The first-order chi connectivity index (χ1) is 14.6. The molecule has 7 nitrogen and oxygen atoms in total. The van der Waals surface area contributed by atoms with Crippen LogP contribution in [0.15, 0.2) is 48.2 Å². The van der Waals surface area contributed by atoms with E-state index >= 15 is 0 Å². The van der Waals surface area contributed by atoms with E-state index in [1.807, 2.05) is 31.2 Å². The fraction of sp³-hybridized carbons (Fsp3) is 0.304. The summed E-state index contributed by atoms with van der Waals surface area (Å²) in [6.45, 7) is 3.08. The van der Waals surface area contributed by atoms with Gasteiger partial charge in [-0.15, -0.1) is 0 Å². The number of benzene rings is 2. The molecule has 0 bridgehead atoms. The number of carbonyl (C=O) groups excluding carboxylic acids is 2. The lowest BCUT2D eigenvalue weighted by atomic mass is 10.0. The number of hydrogen-bond donors (Lipinski definition) is 1.